The molecule has 34 heavy (non-hydrogen) atoms. The molecule has 194 valence electrons. The van der Waals surface area contributed by atoms with Gasteiger partial charge in [0.2, 0.25) is 0 Å². The maximum atomic E-state index is 14.2. The molecular formula is C29H48O5. The molecule has 1 aliphatic carbocycles. The van der Waals surface area contributed by atoms with Gasteiger partial charge >= 0.3 is 5.97 Å². The molecule has 0 bridgehead atoms. The van der Waals surface area contributed by atoms with Gasteiger partial charge < -0.3 is 9.84 Å². The molecule has 1 aliphatic rings. The number of hydrogen-bond acceptors (Lipinski definition) is 5. The van der Waals surface area contributed by atoms with Crippen molar-refractivity contribution < 1.29 is 24.2 Å². The Balaban J connectivity index is 3.87. The third-order valence-electron chi connectivity index (χ3n) is 6.61. The molecule has 0 saturated carbocycles. The first-order valence-corrected chi connectivity index (χ1v) is 13.2. The number of ether oxygens (including phenoxy) is 1. The number of carbonyl (C=O) groups excluding carboxylic acids is 3. The third-order valence-corrected chi connectivity index (χ3v) is 6.61. The summed E-state index contributed by atoms with van der Waals surface area (Å²) in [6, 6.07) is 0. The van der Waals surface area contributed by atoms with Crippen LogP contribution in [0.2, 0.25) is 0 Å². The van der Waals surface area contributed by atoms with Crippen molar-refractivity contribution in [2.45, 2.75) is 114 Å². The molecule has 0 saturated heterocycles. The molecule has 0 aliphatic heterocycles. The van der Waals surface area contributed by atoms with E-state index in [0.717, 1.165) is 19.3 Å². The van der Waals surface area contributed by atoms with Crippen LogP contribution in [0.15, 0.2) is 22.7 Å². The highest BCUT2D eigenvalue weighted by atomic mass is 16.5. The predicted molar refractivity (Wildman–Crippen MR) is 137 cm³/mol. The van der Waals surface area contributed by atoms with E-state index in [9.17, 15) is 19.5 Å². The molecule has 0 radical (unpaired) electrons. The first-order valence-electron chi connectivity index (χ1n) is 13.2. The normalized spacial score (nSPS) is 16.4. The average Bonchev–Trinajstić information content (AvgIpc) is 2.72. The molecule has 0 atom stereocenters. The monoisotopic (exact) mass is 476 g/mol. The van der Waals surface area contributed by atoms with Gasteiger partial charge in [-0.1, -0.05) is 62.3 Å². The van der Waals surface area contributed by atoms with Crippen LogP contribution in [0.25, 0.3) is 0 Å². The van der Waals surface area contributed by atoms with Gasteiger partial charge in [0.1, 0.15) is 11.3 Å². The lowest BCUT2D eigenvalue weighted by molar-refractivity contribution is -0.139. The summed E-state index contributed by atoms with van der Waals surface area (Å²) in [4.78, 5) is 40.2. The van der Waals surface area contributed by atoms with E-state index in [4.69, 9.17) is 4.74 Å². The summed E-state index contributed by atoms with van der Waals surface area (Å²) in [6.45, 7) is 17.9. The number of rotatable bonds is 14. The molecule has 5 nitrogen and oxygen atoms in total. The predicted octanol–water partition coefficient (Wildman–Crippen LogP) is 7.50. The second-order valence-corrected chi connectivity index (χ2v) is 11.5. The van der Waals surface area contributed by atoms with Crippen LogP contribution in [-0.2, 0) is 19.1 Å². The first-order chi connectivity index (χ1) is 15.8. The number of ketones is 2. The molecule has 0 unspecified atom stereocenters. The summed E-state index contributed by atoms with van der Waals surface area (Å²) in [5.41, 5.74) is -0.709. The lowest BCUT2D eigenvalue weighted by Crippen LogP contribution is -2.43. The molecule has 0 fully saturated rings. The Labute approximate surface area is 207 Å². The van der Waals surface area contributed by atoms with Crippen LogP contribution < -0.4 is 0 Å². The minimum atomic E-state index is -1.15. The summed E-state index contributed by atoms with van der Waals surface area (Å²) in [5.74, 6) is -0.570. The number of carbonyl (C=O) groups is 3. The van der Waals surface area contributed by atoms with Gasteiger partial charge in [0, 0.05) is 17.9 Å². The molecule has 0 aromatic heterocycles. The van der Waals surface area contributed by atoms with E-state index < -0.39 is 17.3 Å². The smallest absolute Gasteiger partial charge is 0.311 e. The van der Waals surface area contributed by atoms with Crippen LogP contribution in [0, 0.1) is 29.1 Å². The number of Topliss-reactive ketones (excluding diaryl/α,β-unsaturated/α-hetero) is 2. The highest BCUT2D eigenvalue weighted by Crippen LogP contribution is 2.49. The molecule has 0 aromatic carbocycles. The Kier molecular flexibility index (Phi) is 11.7. The van der Waals surface area contributed by atoms with Crippen LogP contribution in [0.1, 0.15) is 114 Å². The first kappa shape index (κ1) is 30.1. The fourth-order valence-corrected chi connectivity index (χ4v) is 4.32. The zero-order chi connectivity index (χ0) is 26.2. The lowest BCUT2D eigenvalue weighted by Gasteiger charge is -2.39. The summed E-state index contributed by atoms with van der Waals surface area (Å²) in [5, 5.41) is 11.8. The van der Waals surface area contributed by atoms with Crippen LogP contribution in [0.3, 0.4) is 0 Å². The zero-order valence-corrected chi connectivity index (χ0v) is 23.0. The van der Waals surface area contributed by atoms with Crippen LogP contribution in [0.5, 0.6) is 0 Å². The molecule has 1 N–H and O–H groups in total. The second kappa shape index (κ2) is 13.3. The van der Waals surface area contributed by atoms with Gasteiger partial charge in [0.05, 0.1) is 5.41 Å². The van der Waals surface area contributed by atoms with Gasteiger partial charge in [-0.3, -0.25) is 14.4 Å². The van der Waals surface area contributed by atoms with Crippen LogP contribution in [-0.4, -0.2) is 22.6 Å². The van der Waals surface area contributed by atoms with Crippen molar-refractivity contribution in [2.24, 2.45) is 29.1 Å². The maximum absolute atomic E-state index is 14.2. The minimum Gasteiger partial charge on any atom is -0.511 e. The molecular weight excluding hydrogens is 428 g/mol. The Morgan fingerprint density at radius 1 is 0.882 bits per heavy atom. The Bertz CT molecular complexity index is 783. The van der Waals surface area contributed by atoms with Gasteiger partial charge in [-0.2, -0.15) is 0 Å². The molecule has 1 rings (SSSR count). The molecule has 5 heteroatoms. The number of aliphatic hydroxyl groups excluding tert-OH is 1. The zero-order valence-electron chi connectivity index (χ0n) is 23.0. The van der Waals surface area contributed by atoms with E-state index in [-0.39, 0.29) is 35.1 Å². The van der Waals surface area contributed by atoms with Gasteiger partial charge in [-0.05, 0) is 62.7 Å². The average molecular weight is 477 g/mol. The van der Waals surface area contributed by atoms with Crippen molar-refractivity contribution in [1.29, 1.82) is 0 Å². The summed E-state index contributed by atoms with van der Waals surface area (Å²) >= 11 is 0. The van der Waals surface area contributed by atoms with E-state index in [1.807, 2.05) is 6.92 Å². The van der Waals surface area contributed by atoms with Crippen molar-refractivity contribution in [2.75, 3.05) is 0 Å². The number of hydrogen-bond donors (Lipinski definition) is 1. The summed E-state index contributed by atoms with van der Waals surface area (Å²) in [7, 11) is 0. The minimum absolute atomic E-state index is 0.00465. The lowest BCUT2D eigenvalue weighted by atomic mass is 9.64. The third kappa shape index (κ3) is 7.55. The van der Waals surface area contributed by atoms with Gasteiger partial charge in [0.15, 0.2) is 17.3 Å². The second-order valence-electron chi connectivity index (χ2n) is 11.5. The van der Waals surface area contributed by atoms with Gasteiger partial charge in [-0.15, -0.1) is 0 Å². The number of esters is 1. The largest absolute Gasteiger partial charge is 0.511 e. The molecule has 0 aromatic rings. The molecule has 0 spiro atoms. The standard InChI is InChI=1S/C29H48O5/c1-10-11-23(30)34-26-22(13-12-18(2)3)27(32)29(16-14-19(4)5,17-15-20(6)7)28(33)24(26)25(31)21(8)9/h18-21,32H,10-17H2,1-9H3. The topological polar surface area (TPSA) is 80.7 Å². The van der Waals surface area contributed by atoms with Crippen molar-refractivity contribution in [3.63, 3.8) is 0 Å². The fraction of sp³-hybridized carbons (Fsp3) is 0.759. The maximum Gasteiger partial charge on any atom is 0.311 e. The van der Waals surface area contributed by atoms with E-state index in [2.05, 4.69) is 41.5 Å². The Hall–Kier alpha value is -1.91. The van der Waals surface area contributed by atoms with Crippen molar-refractivity contribution in [1.82, 2.24) is 0 Å². The fourth-order valence-electron chi connectivity index (χ4n) is 4.32. The number of allylic oxidation sites excluding steroid dienone is 3. The van der Waals surface area contributed by atoms with Crippen molar-refractivity contribution >= 4 is 17.5 Å². The SMILES string of the molecule is CCCC(=O)OC1=C(C(=O)C(C)C)C(=O)C(CCC(C)C)(CCC(C)C)C(O)=C1CCC(C)C. The highest BCUT2D eigenvalue weighted by Gasteiger charge is 2.51. The van der Waals surface area contributed by atoms with E-state index in [1.165, 1.54) is 0 Å². The Morgan fingerprint density at radius 3 is 1.79 bits per heavy atom. The van der Waals surface area contributed by atoms with E-state index in [0.29, 0.717) is 49.0 Å². The molecule has 0 amide bonds. The Morgan fingerprint density at radius 2 is 1.38 bits per heavy atom. The van der Waals surface area contributed by atoms with Gasteiger partial charge in [-0.25, -0.2) is 0 Å². The van der Waals surface area contributed by atoms with Crippen LogP contribution in [0.4, 0.5) is 0 Å². The number of aliphatic hydroxyl groups is 1. The molecule has 0 heterocycles. The van der Waals surface area contributed by atoms with Gasteiger partial charge in [0.25, 0.3) is 0 Å². The van der Waals surface area contributed by atoms with Crippen molar-refractivity contribution in [3.8, 4) is 0 Å². The summed E-state index contributed by atoms with van der Waals surface area (Å²) < 4.78 is 5.73. The quantitative estimate of drug-likeness (QED) is 0.207. The van der Waals surface area contributed by atoms with Crippen molar-refractivity contribution in [3.05, 3.63) is 22.7 Å². The summed E-state index contributed by atoms with van der Waals surface area (Å²) in [6.07, 6.45) is 4.42. The highest BCUT2D eigenvalue weighted by molar-refractivity contribution is 6.25. The van der Waals surface area contributed by atoms with E-state index >= 15 is 0 Å². The van der Waals surface area contributed by atoms with E-state index in [1.54, 1.807) is 13.8 Å². The van der Waals surface area contributed by atoms with Crippen LogP contribution >= 0.6 is 0 Å².